The Morgan fingerprint density at radius 1 is 1.12 bits per heavy atom. The number of para-hydroxylation sites is 2. The molecular formula is C21H15F3N4O3S. The number of halogens is 3. The number of rotatable bonds is 5. The highest BCUT2D eigenvalue weighted by Gasteiger charge is 2.34. The number of hydrogen-bond donors (Lipinski definition) is 2. The van der Waals surface area contributed by atoms with Crippen LogP contribution >= 0.6 is 11.3 Å². The fourth-order valence-corrected chi connectivity index (χ4v) is 4.36. The van der Waals surface area contributed by atoms with Gasteiger partial charge in [0.2, 0.25) is 0 Å². The fourth-order valence-electron chi connectivity index (χ4n) is 3.36. The Kier molecular flexibility index (Phi) is 5.35. The van der Waals surface area contributed by atoms with Crippen molar-refractivity contribution in [2.45, 2.75) is 12.7 Å². The monoisotopic (exact) mass is 460 g/mol. The lowest BCUT2D eigenvalue weighted by Gasteiger charge is -2.21. The second-order valence-corrected chi connectivity index (χ2v) is 7.82. The van der Waals surface area contributed by atoms with Crippen molar-refractivity contribution in [2.24, 2.45) is 5.73 Å². The van der Waals surface area contributed by atoms with Crippen LogP contribution in [-0.4, -0.2) is 26.7 Å². The van der Waals surface area contributed by atoms with Crippen molar-refractivity contribution in [2.75, 3.05) is 4.90 Å². The number of carboxylic acid groups (broad SMARTS) is 1. The zero-order chi connectivity index (χ0) is 23.0. The average Bonchev–Trinajstić information content (AvgIpc) is 3.35. The minimum Gasteiger partial charge on any atom is -0.465 e. The smallest absolute Gasteiger partial charge is 0.416 e. The summed E-state index contributed by atoms with van der Waals surface area (Å²) in [5, 5.41) is 10.2. The van der Waals surface area contributed by atoms with E-state index in [0.29, 0.717) is 20.9 Å². The topological polar surface area (TPSA) is 101 Å². The normalized spacial score (nSPS) is 11.6. The van der Waals surface area contributed by atoms with Gasteiger partial charge in [0.05, 0.1) is 28.8 Å². The molecule has 2 aromatic carbocycles. The quantitative estimate of drug-likeness (QED) is 0.443. The SMILES string of the molecule is NC(=O)c1sc(-n2cnc3ccccc32)cc1N(Cc1ccccc1C(F)(F)F)C(=O)O. The maximum Gasteiger partial charge on any atom is 0.416 e. The molecule has 7 nitrogen and oxygen atoms in total. The first kappa shape index (κ1) is 21.4. The van der Waals surface area contributed by atoms with E-state index in [1.54, 1.807) is 28.8 Å². The molecule has 0 aliphatic heterocycles. The summed E-state index contributed by atoms with van der Waals surface area (Å²) in [6, 6.07) is 13.3. The lowest BCUT2D eigenvalue weighted by molar-refractivity contribution is -0.138. The van der Waals surface area contributed by atoms with Gasteiger partial charge in [-0.2, -0.15) is 13.2 Å². The molecule has 11 heteroatoms. The number of primary amides is 1. The summed E-state index contributed by atoms with van der Waals surface area (Å²) in [5.41, 5.74) is 5.55. The number of carbonyl (C=O) groups is 2. The highest BCUT2D eigenvalue weighted by molar-refractivity contribution is 7.17. The summed E-state index contributed by atoms with van der Waals surface area (Å²) in [7, 11) is 0. The number of benzene rings is 2. The summed E-state index contributed by atoms with van der Waals surface area (Å²) < 4.78 is 41.9. The van der Waals surface area contributed by atoms with Gasteiger partial charge in [-0.05, 0) is 29.8 Å². The maximum atomic E-state index is 13.4. The number of imidazole rings is 1. The van der Waals surface area contributed by atoms with E-state index in [2.05, 4.69) is 4.98 Å². The molecule has 2 aromatic heterocycles. The lowest BCUT2D eigenvalue weighted by Crippen LogP contribution is -2.31. The van der Waals surface area contributed by atoms with Crippen molar-refractivity contribution in [1.29, 1.82) is 0 Å². The van der Waals surface area contributed by atoms with Gasteiger partial charge in [-0.1, -0.05) is 30.3 Å². The molecule has 0 unspecified atom stereocenters. The Hall–Kier alpha value is -3.86. The van der Waals surface area contributed by atoms with E-state index in [1.165, 1.54) is 30.6 Å². The Balaban J connectivity index is 1.82. The predicted molar refractivity (Wildman–Crippen MR) is 113 cm³/mol. The number of thiophene rings is 1. The van der Waals surface area contributed by atoms with Crippen molar-refractivity contribution in [3.63, 3.8) is 0 Å². The molecule has 2 heterocycles. The molecule has 3 N–H and O–H groups in total. The van der Waals surface area contributed by atoms with Gasteiger partial charge in [-0.25, -0.2) is 9.78 Å². The van der Waals surface area contributed by atoms with Crippen LogP contribution < -0.4 is 10.6 Å². The van der Waals surface area contributed by atoms with Gasteiger partial charge >= 0.3 is 12.3 Å². The molecule has 0 aliphatic rings. The summed E-state index contributed by atoms with van der Waals surface area (Å²) >= 11 is 0.927. The number of nitrogens with zero attached hydrogens (tertiary/aromatic N) is 3. The van der Waals surface area contributed by atoms with E-state index in [1.807, 2.05) is 0 Å². The van der Waals surface area contributed by atoms with Crippen molar-refractivity contribution in [3.8, 4) is 5.00 Å². The Labute approximate surface area is 183 Å². The zero-order valence-electron chi connectivity index (χ0n) is 16.2. The van der Waals surface area contributed by atoms with Gasteiger partial charge in [0.25, 0.3) is 5.91 Å². The largest absolute Gasteiger partial charge is 0.465 e. The first-order valence-corrected chi connectivity index (χ1v) is 10.00. The number of carbonyl (C=O) groups excluding carboxylic acids is 1. The minimum absolute atomic E-state index is 0.0929. The molecule has 0 fully saturated rings. The molecule has 0 radical (unpaired) electrons. The standard InChI is InChI=1S/C21H15F3N4O3S/c22-21(23,24)13-6-2-1-5-12(13)10-27(20(30)31)16-9-17(32-18(16)19(25)29)28-11-26-14-7-3-4-8-15(14)28/h1-9,11H,10H2,(H2,25,29)(H,30,31). The van der Waals surface area contributed by atoms with E-state index in [4.69, 9.17) is 5.73 Å². The van der Waals surface area contributed by atoms with Crippen LogP contribution in [0.15, 0.2) is 60.9 Å². The number of anilines is 1. The Morgan fingerprint density at radius 2 is 1.81 bits per heavy atom. The highest BCUT2D eigenvalue weighted by Crippen LogP contribution is 2.37. The molecule has 164 valence electrons. The molecule has 4 aromatic rings. The fraction of sp³-hybridized carbons (Fsp3) is 0.0952. The third-order valence-corrected chi connectivity index (χ3v) is 5.93. The molecule has 0 saturated heterocycles. The van der Waals surface area contributed by atoms with Crippen LogP contribution in [0.3, 0.4) is 0 Å². The number of aromatic nitrogens is 2. The van der Waals surface area contributed by atoms with E-state index in [9.17, 15) is 27.9 Å². The van der Waals surface area contributed by atoms with Crippen LogP contribution in [0.1, 0.15) is 20.8 Å². The molecule has 0 saturated carbocycles. The number of alkyl halides is 3. The molecule has 0 aliphatic carbocycles. The summed E-state index contributed by atoms with van der Waals surface area (Å²) in [5.74, 6) is -0.893. The second-order valence-electron chi connectivity index (χ2n) is 6.79. The molecular weight excluding hydrogens is 445 g/mol. The van der Waals surface area contributed by atoms with Crippen molar-refractivity contribution in [1.82, 2.24) is 9.55 Å². The van der Waals surface area contributed by atoms with E-state index in [0.717, 1.165) is 17.4 Å². The Bertz CT molecular complexity index is 1330. The molecule has 4 rings (SSSR count). The van der Waals surface area contributed by atoms with E-state index < -0.39 is 30.3 Å². The second kappa shape index (κ2) is 8.00. The van der Waals surface area contributed by atoms with Gasteiger partial charge < -0.3 is 10.8 Å². The van der Waals surface area contributed by atoms with Gasteiger partial charge in [0.1, 0.15) is 16.2 Å². The van der Waals surface area contributed by atoms with Crippen LogP contribution in [0.4, 0.5) is 23.7 Å². The van der Waals surface area contributed by atoms with Gasteiger partial charge in [0, 0.05) is 0 Å². The van der Waals surface area contributed by atoms with Crippen LogP contribution in [0.5, 0.6) is 0 Å². The summed E-state index contributed by atoms with van der Waals surface area (Å²) in [6.45, 7) is -0.619. The maximum absolute atomic E-state index is 13.4. The number of amides is 2. The third-order valence-electron chi connectivity index (χ3n) is 4.79. The number of nitrogens with two attached hydrogens (primary N) is 1. The van der Waals surface area contributed by atoms with Crippen LogP contribution in [0.25, 0.3) is 16.0 Å². The van der Waals surface area contributed by atoms with Gasteiger partial charge in [0.15, 0.2) is 0 Å². The Morgan fingerprint density at radius 3 is 2.50 bits per heavy atom. The highest BCUT2D eigenvalue weighted by atomic mass is 32.1. The molecule has 0 spiro atoms. The average molecular weight is 460 g/mol. The van der Waals surface area contributed by atoms with Gasteiger partial charge in [-0.3, -0.25) is 14.3 Å². The number of hydrogen-bond acceptors (Lipinski definition) is 4. The van der Waals surface area contributed by atoms with Crippen molar-refractivity contribution >= 4 is 40.1 Å². The molecule has 32 heavy (non-hydrogen) atoms. The minimum atomic E-state index is -4.66. The predicted octanol–water partition coefficient (Wildman–Crippen LogP) is 4.89. The van der Waals surface area contributed by atoms with E-state index in [-0.39, 0.29) is 16.1 Å². The first-order chi connectivity index (χ1) is 15.2. The summed E-state index contributed by atoms with van der Waals surface area (Å²) in [6.07, 6.45) is -4.68. The van der Waals surface area contributed by atoms with Crippen LogP contribution in [0.2, 0.25) is 0 Å². The van der Waals surface area contributed by atoms with Crippen LogP contribution in [-0.2, 0) is 12.7 Å². The zero-order valence-corrected chi connectivity index (χ0v) is 17.0. The molecule has 0 bridgehead atoms. The van der Waals surface area contributed by atoms with Crippen LogP contribution in [0, 0.1) is 0 Å². The number of fused-ring (bicyclic) bond motifs is 1. The summed E-state index contributed by atoms with van der Waals surface area (Å²) in [4.78, 5) is 29.0. The van der Waals surface area contributed by atoms with Gasteiger partial charge in [-0.15, -0.1) is 11.3 Å². The van der Waals surface area contributed by atoms with Crippen molar-refractivity contribution < 1.29 is 27.9 Å². The molecule has 0 atom stereocenters. The first-order valence-electron chi connectivity index (χ1n) is 9.18. The van der Waals surface area contributed by atoms with E-state index >= 15 is 0 Å². The van der Waals surface area contributed by atoms with Crippen molar-refractivity contribution in [3.05, 3.63) is 76.9 Å². The molecule has 2 amide bonds. The lowest BCUT2D eigenvalue weighted by atomic mass is 10.1. The third kappa shape index (κ3) is 3.89.